The summed E-state index contributed by atoms with van der Waals surface area (Å²) in [5, 5.41) is 2.88. The van der Waals surface area contributed by atoms with Gasteiger partial charge in [0.2, 0.25) is 0 Å². The molecule has 1 N–H and O–H groups in total. The van der Waals surface area contributed by atoms with Gasteiger partial charge in [-0.05, 0) is 24.0 Å². The van der Waals surface area contributed by atoms with Crippen LogP contribution in [-0.2, 0) is 11.2 Å². The maximum atomic E-state index is 11.6. The number of piperidine rings is 1. The zero-order chi connectivity index (χ0) is 14.4. The molecule has 112 valence electrons. The van der Waals surface area contributed by atoms with Crippen LogP contribution in [0.15, 0.2) is 24.3 Å². The molecule has 1 aromatic rings. The van der Waals surface area contributed by atoms with Gasteiger partial charge in [-0.15, -0.1) is 0 Å². The van der Waals surface area contributed by atoms with E-state index in [0.29, 0.717) is 18.5 Å². The van der Waals surface area contributed by atoms with Gasteiger partial charge in [0.25, 0.3) is 0 Å². The number of fused-ring (bicyclic) bond motifs is 3. The summed E-state index contributed by atoms with van der Waals surface area (Å²) in [7, 11) is 0. The molecule has 0 aromatic heterocycles. The van der Waals surface area contributed by atoms with E-state index in [0.717, 1.165) is 32.4 Å². The van der Waals surface area contributed by atoms with Crippen LogP contribution in [0.4, 0.5) is 4.79 Å². The Morgan fingerprint density at radius 2 is 2.29 bits per heavy atom. The highest BCUT2D eigenvalue weighted by atomic mass is 16.6. The molecular formula is C17H22N2O2. The van der Waals surface area contributed by atoms with E-state index >= 15 is 0 Å². The number of nitrogens with one attached hydrogen (secondary N) is 1. The van der Waals surface area contributed by atoms with E-state index < -0.39 is 0 Å². The molecule has 21 heavy (non-hydrogen) atoms. The molecule has 1 aromatic carbocycles. The van der Waals surface area contributed by atoms with Gasteiger partial charge in [0, 0.05) is 31.5 Å². The van der Waals surface area contributed by atoms with Crippen LogP contribution >= 0.6 is 0 Å². The third-order valence-electron chi connectivity index (χ3n) is 5.58. The van der Waals surface area contributed by atoms with Crippen molar-refractivity contribution in [1.29, 1.82) is 0 Å². The van der Waals surface area contributed by atoms with Gasteiger partial charge >= 0.3 is 6.09 Å². The monoisotopic (exact) mass is 286 g/mol. The Balaban J connectivity index is 1.70. The van der Waals surface area contributed by atoms with E-state index in [9.17, 15) is 4.79 Å². The fourth-order valence-electron chi connectivity index (χ4n) is 4.43. The van der Waals surface area contributed by atoms with Crippen molar-refractivity contribution < 1.29 is 9.53 Å². The van der Waals surface area contributed by atoms with Crippen molar-refractivity contribution in [2.75, 3.05) is 19.6 Å². The number of hydrogen-bond donors (Lipinski definition) is 1. The fourth-order valence-corrected chi connectivity index (χ4v) is 4.43. The lowest BCUT2D eigenvalue weighted by Crippen LogP contribution is -2.56. The van der Waals surface area contributed by atoms with Gasteiger partial charge in [-0.1, -0.05) is 31.2 Å². The van der Waals surface area contributed by atoms with Gasteiger partial charge in [0.1, 0.15) is 5.60 Å². The van der Waals surface area contributed by atoms with Crippen molar-refractivity contribution in [3.05, 3.63) is 35.4 Å². The molecule has 3 heterocycles. The highest BCUT2D eigenvalue weighted by Gasteiger charge is 2.53. The number of carbonyl (C=O) groups excluding carboxylic acids is 1. The molecule has 0 radical (unpaired) electrons. The normalized spacial score (nSPS) is 35.0. The van der Waals surface area contributed by atoms with Gasteiger partial charge in [0.05, 0.1) is 6.54 Å². The molecule has 2 saturated heterocycles. The first-order chi connectivity index (χ1) is 10.2. The smallest absolute Gasteiger partial charge is 0.407 e. The summed E-state index contributed by atoms with van der Waals surface area (Å²) in [6, 6.07) is 9.13. The number of nitrogens with zero attached hydrogens (tertiary/aromatic N) is 1. The maximum absolute atomic E-state index is 11.6. The summed E-state index contributed by atoms with van der Waals surface area (Å²) in [6.07, 6.45) is 2.86. The Morgan fingerprint density at radius 1 is 1.43 bits per heavy atom. The molecule has 4 heteroatoms. The Bertz CT molecular complexity index is 574. The van der Waals surface area contributed by atoms with E-state index in [4.69, 9.17) is 4.74 Å². The number of rotatable bonds is 1. The molecule has 2 fully saturated rings. The topological polar surface area (TPSA) is 41.6 Å². The molecule has 0 aliphatic carbocycles. The molecule has 3 atom stereocenters. The number of alkyl carbamates (subject to hydrolysis) is 1. The lowest BCUT2D eigenvalue weighted by Gasteiger charge is -2.50. The second-order valence-electron chi connectivity index (χ2n) is 6.58. The maximum Gasteiger partial charge on any atom is 0.407 e. The quantitative estimate of drug-likeness (QED) is 0.862. The molecule has 0 unspecified atom stereocenters. The first kappa shape index (κ1) is 13.1. The molecule has 1 amide bonds. The molecule has 1 spiro atoms. The summed E-state index contributed by atoms with van der Waals surface area (Å²) >= 11 is 0. The van der Waals surface area contributed by atoms with Gasteiger partial charge in [-0.25, -0.2) is 4.79 Å². The fraction of sp³-hybridized carbons (Fsp3) is 0.588. The van der Waals surface area contributed by atoms with Crippen molar-refractivity contribution in [1.82, 2.24) is 10.2 Å². The van der Waals surface area contributed by atoms with E-state index in [-0.39, 0.29) is 11.7 Å². The van der Waals surface area contributed by atoms with Crippen LogP contribution in [0.5, 0.6) is 0 Å². The predicted molar refractivity (Wildman–Crippen MR) is 80.1 cm³/mol. The van der Waals surface area contributed by atoms with Crippen LogP contribution in [0.1, 0.15) is 36.9 Å². The number of amides is 1. The van der Waals surface area contributed by atoms with E-state index in [2.05, 4.69) is 41.4 Å². The molecule has 4 rings (SSSR count). The summed E-state index contributed by atoms with van der Waals surface area (Å²) in [5.74, 6) is 0.429. The third kappa shape index (κ3) is 1.96. The summed E-state index contributed by atoms with van der Waals surface area (Å²) < 4.78 is 5.78. The summed E-state index contributed by atoms with van der Waals surface area (Å²) in [4.78, 5) is 14.2. The molecule has 3 aliphatic heterocycles. The average molecular weight is 286 g/mol. The van der Waals surface area contributed by atoms with Crippen LogP contribution in [0.2, 0.25) is 0 Å². The van der Waals surface area contributed by atoms with Gasteiger partial charge in [0.15, 0.2) is 0 Å². The highest BCUT2D eigenvalue weighted by Crippen LogP contribution is 2.46. The third-order valence-corrected chi connectivity index (χ3v) is 5.58. The van der Waals surface area contributed by atoms with Crippen LogP contribution in [-0.4, -0.2) is 36.2 Å². The minimum Gasteiger partial charge on any atom is -0.441 e. The second-order valence-corrected chi connectivity index (χ2v) is 6.58. The van der Waals surface area contributed by atoms with Crippen molar-refractivity contribution in [3.63, 3.8) is 0 Å². The van der Waals surface area contributed by atoms with Gasteiger partial charge in [-0.3, -0.25) is 4.90 Å². The number of benzene rings is 1. The lowest BCUT2D eigenvalue weighted by molar-refractivity contribution is -0.0765. The predicted octanol–water partition coefficient (Wildman–Crippen LogP) is 2.49. The van der Waals surface area contributed by atoms with Gasteiger partial charge in [-0.2, -0.15) is 0 Å². The Hall–Kier alpha value is -1.55. The van der Waals surface area contributed by atoms with Crippen LogP contribution < -0.4 is 5.32 Å². The number of hydrogen-bond acceptors (Lipinski definition) is 3. The van der Waals surface area contributed by atoms with Crippen molar-refractivity contribution in [3.8, 4) is 0 Å². The molecular weight excluding hydrogens is 264 g/mol. The van der Waals surface area contributed by atoms with E-state index in [1.54, 1.807) is 0 Å². The Labute approximate surface area is 125 Å². The first-order valence-corrected chi connectivity index (χ1v) is 8.00. The molecule has 0 bridgehead atoms. The minimum absolute atomic E-state index is 0.244. The van der Waals surface area contributed by atoms with Crippen molar-refractivity contribution >= 4 is 6.09 Å². The molecule has 3 aliphatic rings. The van der Waals surface area contributed by atoms with Crippen LogP contribution in [0.3, 0.4) is 0 Å². The first-order valence-electron chi connectivity index (χ1n) is 8.00. The van der Waals surface area contributed by atoms with Crippen LogP contribution in [0, 0.1) is 5.92 Å². The minimum atomic E-state index is -0.308. The van der Waals surface area contributed by atoms with E-state index in [1.807, 2.05) is 0 Å². The number of ether oxygens (including phenoxy) is 1. The van der Waals surface area contributed by atoms with Crippen molar-refractivity contribution in [2.45, 2.75) is 37.8 Å². The summed E-state index contributed by atoms with van der Waals surface area (Å²) in [5.41, 5.74) is 2.58. The Morgan fingerprint density at radius 3 is 3.05 bits per heavy atom. The Kier molecular flexibility index (Phi) is 2.96. The standard InChI is InChI=1S/C17H22N2O2/c1-2-13-10-19-8-7-12-5-3-4-6-14(12)15(19)9-17(13)11-18-16(20)21-17/h3-6,13,15H,2,7-11H2,1H3,(H,18,20)/t13-,15-,17-/m0/s1. The lowest BCUT2D eigenvalue weighted by atomic mass is 9.73. The SMILES string of the molecule is CC[C@H]1CN2CCc3ccccc3[C@@H]2C[C@]12CNC(=O)O2. The molecule has 0 saturated carbocycles. The second kappa shape index (κ2) is 4.73. The highest BCUT2D eigenvalue weighted by molar-refractivity contribution is 5.70. The molecule has 4 nitrogen and oxygen atoms in total. The van der Waals surface area contributed by atoms with Gasteiger partial charge < -0.3 is 10.1 Å². The largest absolute Gasteiger partial charge is 0.441 e. The average Bonchev–Trinajstić information content (AvgIpc) is 2.88. The van der Waals surface area contributed by atoms with Crippen molar-refractivity contribution in [2.24, 2.45) is 5.92 Å². The zero-order valence-corrected chi connectivity index (χ0v) is 12.5. The van der Waals surface area contributed by atoms with Crippen LogP contribution in [0.25, 0.3) is 0 Å². The van der Waals surface area contributed by atoms with E-state index in [1.165, 1.54) is 11.1 Å². The number of carbonyl (C=O) groups is 1. The zero-order valence-electron chi connectivity index (χ0n) is 12.5. The summed E-state index contributed by atoms with van der Waals surface area (Å²) in [6.45, 7) is 5.02.